The Kier molecular flexibility index (Phi) is 7.04. The zero-order chi connectivity index (χ0) is 28.7. The predicted octanol–water partition coefficient (Wildman–Crippen LogP) is 7.91. The van der Waals surface area contributed by atoms with Crippen LogP contribution in [0.25, 0.3) is 11.1 Å². The van der Waals surface area contributed by atoms with E-state index in [-0.39, 0.29) is 22.5 Å². The summed E-state index contributed by atoms with van der Waals surface area (Å²) >= 11 is 0. The fourth-order valence-corrected chi connectivity index (χ4v) is 7.10. The topological polar surface area (TPSA) is 66.5 Å². The minimum Gasteiger partial charge on any atom is -0.382 e. The Morgan fingerprint density at radius 2 is 1.26 bits per heavy atom. The van der Waals surface area contributed by atoms with Crippen LogP contribution in [0.2, 0.25) is 0 Å². The molecule has 0 saturated heterocycles. The van der Waals surface area contributed by atoms with E-state index in [2.05, 4.69) is 5.32 Å². The Hall–Kier alpha value is -3.12. The highest BCUT2D eigenvalue weighted by Crippen LogP contribution is 3.02. The van der Waals surface area contributed by atoms with Crippen LogP contribution in [0.5, 0.6) is 0 Å². The molecule has 0 heterocycles. The first-order valence-corrected chi connectivity index (χ1v) is 15.7. The van der Waals surface area contributed by atoms with Crippen LogP contribution >= 0.6 is 10.2 Å². The van der Waals surface area contributed by atoms with Gasteiger partial charge in [0.25, 0.3) is 5.91 Å². The van der Waals surface area contributed by atoms with Crippen molar-refractivity contribution in [3.05, 3.63) is 78.4 Å². The molecular weight excluding hydrogens is 559 g/mol. The second-order valence-electron chi connectivity index (χ2n) is 9.96. The highest BCUT2D eigenvalue weighted by atomic mass is 32.5. The SMILES string of the molecule is CN(C)C(=O)c1ccc(-c2ccc(S(=O)(=O)C3CCC(Nc4ccc(S(F)(F)(F)(F)F)cc4)CC3)cc2)cc1. The van der Waals surface area contributed by atoms with Crippen molar-refractivity contribution < 1.29 is 32.6 Å². The lowest BCUT2D eigenvalue weighted by atomic mass is 9.95. The number of halogens is 5. The number of hydrogen-bond donors (Lipinski definition) is 1. The zero-order valence-electron chi connectivity index (χ0n) is 21.3. The molecule has 1 fully saturated rings. The number of hydrogen-bond acceptors (Lipinski definition) is 4. The lowest BCUT2D eigenvalue weighted by Gasteiger charge is -2.40. The number of rotatable bonds is 7. The van der Waals surface area contributed by atoms with Crippen molar-refractivity contribution in [3.63, 3.8) is 0 Å². The van der Waals surface area contributed by atoms with Gasteiger partial charge in [0.15, 0.2) is 9.84 Å². The van der Waals surface area contributed by atoms with Crippen LogP contribution < -0.4 is 5.32 Å². The summed E-state index contributed by atoms with van der Waals surface area (Å²) in [7, 11) is -9.98. The summed E-state index contributed by atoms with van der Waals surface area (Å²) in [6, 6.07) is 16.1. The van der Waals surface area contributed by atoms with Gasteiger partial charge >= 0.3 is 10.2 Å². The molecule has 0 radical (unpaired) electrons. The Morgan fingerprint density at radius 1 is 0.769 bits per heavy atom. The van der Waals surface area contributed by atoms with Crippen molar-refractivity contribution in [1.29, 1.82) is 0 Å². The first-order valence-electron chi connectivity index (χ1n) is 12.2. The molecular formula is C27H29F5N2O3S2. The van der Waals surface area contributed by atoms with Gasteiger partial charge in [0.05, 0.1) is 10.1 Å². The van der Waals surface area contributed by atoms with Crippen LogP contribution in [-0.2, 0) is 9.84 Å². The lowest BCUT2D eigenvalue weighted by Crippen LogP contribution is -2.32. The van der Waals surface area contributed by atoms with Crippen molar-refractivity contribution in [2.45, 2.75) is 46.8 Å². The minimum atomic E-state index is -9.72. The average Bonchev–Trinajstić information content (AvgIpc) is 2.88. The minimum absolute atomic E-state index is 0.113. The first kappa shape index (κ1) is 28.9. The molecule has 3 aromatic rings. The van der Waals surface area contributed by atoms with E-state index in [9.17, 15) is 32.6 Å². The fraction of sp³-hybridized carbons (Fsp3) is 0.296. The number of nitrogens with zero attached hydrogens (tertiary/aromatic N) is 1. The first-order chi connectivity index (χ1) is 17.9. The van der Waals surface area contributed by atoms with E-state index in [4.69, 9.17) is 0 Å². The number of carbonyl (C=O) groups excluding carboxylic acids is 1. The Balaban J connectivity index is 1.37. The summed E-state index contributed by atoms with van der Waals surface area (Å²) in [6.07, 6.45) is 1.63. The van der Waals surface area contributed by atoms with Gasteiger partial charge in [-0.3, -0.25) is 4.79 Å². The molecule has 3 aromatic carbocycles. The van der Waals surface area contributed by atoms with E-state index in [1.807, 2.05) is 0 Å². The van der Waals surface area contributed by atoms with Gasteiger partial charge in [-0.25, -0.2) is 8.42 Å². The van der Waals surface area contributed by atoms with E-state index < -0.39 is 30.2 Å². The molecule has 0 aliphatic heterocycles. The third-order valence-corrected chi connectivity index (χ3v) is 10.3. The maximum absolute atomic E-state index is 13.2. The number of sulfone groups is 1. The lowest BCUT2D eigenvalue weighted by molar-refractivity contribution is 0.0827. The van der Waals surface area contributed by atoms with E-state index >= 15 is 0 Å². The molecule has 1 aliphatic carbocycles. The van der Waals surface area contributed by atoms with Crippen molar-refractivity contribution in [3.8, 4) is 11.1 Å². The van der Waals surface area contributed by atoms with Crippen LogP contribution in [0, 0.1) is 0 Å². The van der Waals surface area contributed by atoms with E-state index in [1.165, 1.54) is 4.90 Å². The number of nitrogens with one attached hydrogen (secondary N) is 1. The van der Waals surface area contributed by atoms with Crippen molar-refractivity contribution in [2.75, 3.05) is 19.4 Å². The molecule has 212 valence electrons. The Bertz CT molecular complexity index is 1450. The van der Waals surface area contributed by atoms with Gasteiger partial charge in [-0.15, -0.1) is 0 Å². The summed E-state index contributed by atoms with van der Waals surface area (Å²) in [4.78, 5) is 11.8. The summed E-state index contributed by atoms with van der Waals surface area (Å²) in [5, 5.41) is 2.42. The van der Waals surface area contributed by atoms with E-state index in [1.54, 1.807) is 62.6 Å². The largest absolute Gasteiger partial charge is 0.382 e. The predicted molar refractivity (Wildman–Crippen MR) is 145 cm³/mol. The quantitative estimate of drug-likeness (QED) is 0.285. The standard InChI is InChI=1S/C27H29F5N2O3S2/c1-34(2)27(35)21-5-3-19(4-6-21)20-7-13-24(14-8-20)38(36,37)25-15-9-22(10-16-25)33-23-11-17-26(18-12-23)39(28,29,30,31)32/h3-8,11-14,17-18,22,25,33H,9-10,15-16H2,1-2H3. The monoisotopic (exact) mass is 588 g/mol. The molecule has 1 amide bonds. The summed E-state index contributed by atoms with van der Waals surface area (Å²) in [6.45, 7) is 0. The molecule has 12 heteroatoms. The second kappa shape index (κ2) is 9.51. The van der Waals surface area contributed by atoms with Crippen LogP contribution in [0.1, 0.15) is 36.0 Å². The van der Waals surface area contributed by atoms with Gasteiger partial charge in [-0.1, -0.05) is 43.7 Å². The van der Waals surface area contributed by atoms with Crippen molar-refractivity contribution in [2.24, 2.45) is 0 Å². The normalized spacial score (nSPS) is 20.0. The highest BCUT2D eigenvalue weighted by molar-refractivity contribution is 8.45. The van der Waals surface area contributed by atoms with E-state index in [0.717, 1.165) is 23.3 Å². The van der Waals surface area contributed by atoms with Crippen molar-refractivity contribution in [1.82, 2.24) is 4.90 Å². The smallest absolute Gasteiger partial charge is 0.310 e. The van der Waals surface area contributed by atoms with Gasteiger partial charge in [-0.2, -0.15) is 0 Å². The summed E-state index contributed by atoms with van der Waals surface area (Å²) < 4.78 is 91.1. The number of amides is 1. The molecule has 39 heavy (non-hydrogen) atoms. The molecule has 1 N–H and O–H groups in total. The molecule has 0 spiro atoms. The van der Waals surface area contributed by atoms with Gasteiger partial charge in [-0.05, 0) is 85.3 Å². The van der Waals surface area contributed by atoms with Gasteiger partial charge < -0.3 is 10.2 Å². The van der Waals surface area contributed by atoms with Crippen molar-refractivity contribution >= 4 is 31.7 Å². The van der Waals surface area contributed by atoms with Crippen LogP contribution in [0.15, 0.2) is 82.6 Å². The molecule has 0 bridgehead atoms. The van der Waals surface area contributed by atoms with Crippen LogP contribution in [-0.4, -0.2) is 44.6 Å². The number of benzene rings is 3. The highest BCUT2D eigenvalue weighted by Gasteiger charge is 2.65. The molecule has 1 aliphatic rings. The van der Waals surface area contributed by atoms with Gasteiger partial charge in [0.2, 0.25) is 0 Å². The van der Waals surface area contributed by atoms with Gasteiger partial charge in [0.1, 0.15) is 4.90 Å². The van der Waals surface area contributed by atoms with E-state index in [0.29, 0.717) is 43.4 Å². The third-order valence-electron chi connectivity index (χ3n) is 6.84. The Labute approximate surface area is 224 Å². The third kappa shape index (κ3) is 6.73. The number of anilines is 1. The molecule has 5 nitrogen and oxygen atoms in total. The molecule has 0 unspecified atom stereocenters. The summed E-state index contributed by atoms with van der Waals surface area (Å²) in [5.74, 6) is -0.113. The van der Waals surface area contributed by atoms with Crippen LogP contribution in [0.4, 0.5) is 25.1 Å². The maximum Gasteiger partial charge on any atom is 0.310 e. The fourth-order valence-electron chi connectivity index (χ4n) is 4.65. The zero-order valence-corrected chi connectivity index (χ0v) is 22.9. The van der Waals surface area contributed by atoms with Gasteiger partial charge in [0, 0.05) is 31.4 Å². The molecule has 0 atom stereocenters. The molecule has 1 saturated carbocycles. The Morgan fingerprint density at radius 3 is 1.72 bits per heavy atom. The molecule has 4 rings (SSSR count). The van der Waals surface area contributed by atoms with Crippen LogP contribution in [0.3, 0.4) is 0 Å². The average molecular weight is 589 g/mol. The summed E-state index contributed by atoms with van der Waals surface area (Å²) in [5.41, 5.74) is 2.46. The second-order valence-corrected chi connectivity index (χ2v) is 14.6. The number of carbonyl (C=O) groups is 1. The maximum atomic E-state index is 13.2. The molecule has 0 aromatic heterocycles.